The second-order valence-corrected chi connectivity index (χ2v) is 8.73. The lowest BCUT2D eigenvalue weighted by molar-refractivity contribution is -0.116. The van der Waals surface area contributed by atoms with Gasteiger partial charge in [-0.05, 0) is 38.0 Å². The summed E-state index contributed by atoms with van der Waals surface area (Å²) in [6.45, 7) is 9.31. The molecule has 5 nitrogen and oxygen atoms in total. The first-order valence-corrected chi connectivity index (χ1v) is 9.90. The van der Waals surface area contributed by atoms with E-state index in [1.807, 2.05) is 50.0 Å². The maximum absolute atomic E-state index is 11.6. The van der Waals surface area contributed by atoms with Gasteiger partial charge in [-0.15, -0.1) is 24.0 Å². The predicted octanol–water partition coefficient (Wildman–Crippen LogP) is 3.95. The number of thioether (sulfide) groups is 1. The van der Waals surface area contributed by atoms with Crippen LogP contribution in [-0.2, 0) is 11.3 Å². The number of hydrogen-bond donors (Lipinski definition) is 2. The molecule has 0 unspecified atom stereocenters. The fourth-order valence-corrected chi connectivity index (χ4v) is 3.98. The molecule has 7 heteroatoms. The maximum atomic E-state index is 11.6. The standard InChI is InChI=1S/C19H30N4OS.HI/c1-5-6-17(24)22-16-9-7-15(8-10-16)13-21-18(20-4)23-11-12-25-19(2,3)14-23;/h7-10H,5-6,11-14H2,1-4H3,(H,20,21)(H,22,24);1H. The topological polar surface area (TPSA) is 56.7 Å². The molecule has 0 bridgehead atoms. The van der Waals surface area contributed by atoms with Crippen LogP contribution < -0.4 is 10.6 Å². The Morgan fingerprint density at radius 2 is 2.00 bits per heavy atom. The molecule has 1 aromatic carbocycles. The molecule has 0 spiro atoms. The average molecular weight is 490 g/mol. The van der Waals surface area contributed by atoms with Crippen LogP contribution in [0, 0.1) is 0 Å². The Morgan fingerprint density at radius 1 is 1.31 bits per heavy atom. The number of guanidine groups is 1. The zero-order valence-electron chi connectivity index (χ0n) is 16.2. The molecule has 1 aliphatic heterocycles. The zero-order chi connectivity index (χ0) is 18.3. The zero-order valence-corrected chi connectivity index (χ0v) is 19.3. The van der Waals surface area contributed by atoms with E-state index in [-0.39, 0.29) is 34.6 Å². The van der Waals surface area contributed by atoms with Crippen molar-refractivity contribution in [3.8, 4) is 0 Å². The quantitative estimate of drug-likeness (QED) is 0.373. The monoisotopic (exact) mass is 490 g/mol. The van der Waals surface area contributed by atoms with E-state index in [0.29, 0.717) is 6.42 Å². The van der Waals surface area contributed by atoms with Crippen molar-refractivity contribution >= 4 is 53.3 Å². The molecule has 1 amide bonds. The highest BCUT2D eigenvalue weighted by atomic mass is 127. The Balaban J connectivity index is 0.00000338. The summed E-state index contributed by atoms with van der Waals surface area (Å²) < 4.78 is 0.258. The Hall–Kier alpha value is -0.960. The van der Waals surface area contributed by atoms with Gasteiger partial charge in [0, 0.05) is 49.3 Å². The van der Waals surface area contributed by atoms with E-state index in [0.717, 1.165) is 43.5 Å². The second kappa shape index (κ2) is 11.0. The minimum absolute atomic E-state index is 0. The van der Waals surface area contributed by atoms with Gasteiger partial charge >= 0.3 is 0 Å². The van der Waals surface area contributed by atoms with Gasteiger partial charge in [-0.3, -0.25) is 9.79 Å². The number of benzene rings is 1. The van der Waals surface area contributed by atoms with E-state index in [1.165, 1.54) is 5.56 Å². The summed E-state index contributed by atoms with van der Waals surface area (Å²) in [6.07, 6.45) is 1.42. The molecule has 2 N–H and O–H groups in total. The van der Waals surface area contributed by atoms with Crippen molar-refractivity contribution in [2.75, 3.05) is 31.2 Å². The van der Waals surface area contributed by atoms with Gasteiger partial charge in [-0.25, -0.2) is 0 Å². The molecule has 0 saturated carbocycles. The molecule has 0 atom stereocenters. The highest BCUT2D eigenvalue weighted by molar-refractivity contribution is 14.0. The fourth-order valence-electron chi connectivity index (χ4n) is 2.87. The van der Waals surface area contributed by atoms with Crippen LogP contribution in [0.3, 0.4) is 0 Å². The van der Waals surface area contributed by atoms with Gasteiger partial charge in [0.1, 0.15) is 0 Å². The van der Waals surface area contributed by atoms with Crippen molar-refractivity contribution < 1.29 is 4.79 Å². The number of nitrogens with one attached hydrogen (secondary N) is 2. The first kappa shape index (κ1) is 23.1. The Kier molecular flexibility index (Phi) is 9.78. The molecule has 0 aliphatic carbocycles. The van der Waals surface area contributed by atoms with Crippen LogP contribution in [-0.4, -0.2) is 47.4 Å². The molecule has 26 heavy (non-hydrogen) atoms. The molecule has 146 valence electrons. The van der Waals surface area contributed by atoms with Gasteiger partial charge in [0.05, 0.1) is 0 Å². The first-order valence-electron chi connectivity index (χ1n) is 8.92. The van der Waals surface area contributed by atoms with E-state index in [1.54, 1.807) is 0 Å². The molecular weight excluding hydrogens is 459 g/mol. The van der Waals surface area contributed by atoms with Gasteiger partial charge in [0.25, 0.3) is 0 Å². The Labute approximate surface area is 178 Å². The van der Waals surface area contributed by atoms with E-state index in [2.05, 4.69) is 34.4 Å². The third-order valence-electron chi connectivity index (χ3n) is 4.10. The smallest absolute Gasteiger partial charge is 0.224 e. The summed E-state index contributed by atoms with van der Waals surface area (Å²) in [4.78, 5) is 18.4. The van der Waals surface area contributed by atoms with Gasteiger partial charge in [-0.2, -0.15) is 11.8 Å². The van der Waals surface area contributed by atoms with Gasteiger partial charge in [0.15, 0.2) is 5.96 Å². The van der Waals surface area contributed by atoms with Crippen molar-refractivity contribution in [1.82, 2.24) is 10.2 Å². The molecule has 1 saturated heterocycles. The minimum Gasteiger partial charge on any atom is -0.352 e. The number of carbonyl (C=O) groups excluding carboxylic acids is 1. The van der Waals surface area contributed by atoms with Crippen molar-refractivity contribution in [3.05, 3.63) is 29.8 Å². The number of amides is 1. The summed E-state index contributed by atoms with van der Waals surface area (Å²) in [6, 6.07) is 7.98. The van der Waals surface area contributed by atoms with E-state index >= 15 is 0 Å². The highest BCUT2D eigenvalue weighted by Gasteiger charge is 2.28. The molecule has 0 aromatic heterocycles. The summed E-state index contributed by atoms with van der Waals surface area (Å²) in [5.41, 5.74) is 2.02. The second-order valence-electron chi connectivity index (χ2n) is 6.93. The summed E-state index contributed by atoms with van der Waals surface area (Å²) in [5.74, 6) is 2.15. The van der Waals surface area contributed by atoms with Crippen molar-refractivity contribution in [3.63, 3.8) is 0 Å². The molecule has 0 radical (unpaired) electrons. The number of nitrogens with zero attached hydrogens (tertiary/aromatic N) is 2. The number of aliphatic imine (C=N–C) groups is 1. The van der Waals surface area contributed by atoms with Gasteiger partial charge in [0.2, 0.25) is 5.91 Å². The van der Waals surface area contributed by atoms with Gasteiger partial charge < -0.3 is 15.5 Å². The number of carbonyl (C=O) groups is 1. The maximum Gasteiger partial charge on any atom is 0.224 e. The van der Waals surface area contributed by atoms with Crippen LogP contribution in [0.1, 0.15) is 39.2 Å². The van der Waals surface area contributed by atoms with Crippen LogP contribution in [0.2, 0.25) is 0 Å². The lowest BCUT2D eigenvalue weighted by Gasteiger charge is -2.39. The van der Waals surface area contributed by atoms with Crippen LogP contribution in [0.15, 0.2) is 29.3 Å². The number of halogens is 1. The minimum atomic E-state index is 0. The molecule has 1 aliphatic rings. The van der Waals surface area contributed by atoms with Crippen LogP contribution in [0.25, 0.3) is 0 Å². The fraction of sp³-hybridized carbons (Fsp3) is 0.579. The number of hydrogen-bond acceptors (Lipinski definition) is 3. The largest absolute Gasteiger partial charge is 0.352 e. The van der Waals surface area contributed by atoms with Gasteiger partial charge in [-0.1, -0.05) is 19.1 Å². The molecule has 2 rings (SSSR count). The van der Waals surface area contributed by atoms with Crippen molar-refractivity contribution in [1.29, 1.82) is 0 Å². The first-order chi connectivity index (χ1) is 11.9. The van der Waals surface area contributed by atoms with Crippen LogP contribution in [0.4, 0.5) is 5.69 Å². The lowest BCUT2D eigenvalue weighted by atomic mass is 10.2. The number of rotatable bonds is 5. The van der Waals surface area contributed by atoms with Crippen molar-refractivity contribution in [2.45, 2.75) is 44.9 Å². The number of anilines is 1. The molecule has 1 heterocycles. The third-order valence-corrected chi connectivity index (χ3v) is 5.40. The van der Waals surface area contributed by atoms with Crippen LogP contribution in [0.5, 0.6) is 0 Å². The SMILES string of the molecule is CCCC(=O)Nc1ccc(CNC(=NC)N2CCSC(C)(C)C2)cc1.I. The highest BCUT2D eigenvalue weighted by Crippen LogP contribution is 2.29. The van der Waals surface area contributed by atoms with E-state index in [4.69, 9.17) is 0 Å². The summed E-state index contributed by atoms with van der Waals surface area (Å²) in [5, 5.41) is 6.37. The normalized spacial score (nSPS) is 16.6. The van der Waals surface area contributed by atoms with E-state index < -0.39 is 0 Å². The summed E-state index contributed by atoms with van der Waals surface area (Å²) in [7, 11) is 1.84. The average Bonchev–Trinajstić information content (AvgIpc) is 2.56. The van der Waals surface area contributed by atoms with E-state index in [9.17, 15) is 4.79 Å². The Morgan fingerprint density at radius 3 is 2.58 bits per heavy atom. The molecule has 1 fully saturated rings. The molecular formula is C19H31IN4OS. The van der Waals surface area contributed by atoms with Crippen LogP contribution >= 0.6 is 35.7 Å². The summed E-state index contributed by atoms with van der Waals surface area (Å²) >= 11 is 2.02. The lowest BCUT2D eigenvalue weighted by Crippen LogP contribution is -2.50. The molecule has 1 aromatic rings. The van der Waals surface area contributed by atoms with Crippen molar-refractivity contribution in [2.24, 2.45) is 4.99 Å². The Bertz CT molecular complexity index is 604. The third kappa shape index (κ3) is 7.34. The predicted molar refractivity (Wildman–Crippen MR) is 124 cm³/mol.